The van der Waals surface area contributed by atoms with E-state index in [4.69, 9.17) is 0 Å². The molecule has 126 valence electrons. The van der Waals surface area contributed by atoms with Crippen LogP contribution in [0.2, 0.25) is 0 Å². The summed E-state index contributed by atoms with van der Waals surface area (Å²) < 4.78 is 38.6. The van der Waals surface area contributed by atoms with E-state index < -0.39 is 28.4 Å². The quantitative estimate of drug-likeness (QED) is 0.659. The first-order chi connectivity index (χ1) is 11.3. The Bertz CT molecular complexity index is 751. The number of aromatic nitrogens is 1. The Labute approximate surface area is 133 Å². The van der Waals surface area contributed by atoms with Gasteiger partial charge < -0.3 is 10.6 Å². The lowest BCUT2D eigenvalue weighted by Gasteiger charge is -2.11. The second kappa shape index (κ2) is 6.94. The monoisotopic (exact) mass is 340 g/mol. The third-order valence-corrected chi connectivity index (χ3v) is 2.96. The lowest BCUT2D eigenvalue weighted by atomic mass is 10.1. The summed E-state index contributed by atoms with van der Waals surface area (Å²) in [6, 6.07) is 4.82. The minimum Gasteiger partial charge on any atom is -0.334 e. The Morgan fingerprint density at radius 1 is 1.21 bits per heavy atom. The van der Waals surface area contributed by atoms with Gasteiger partial charge in [-0.1, -0.05) is 0 Å². The van der Waals surface area contributed by atoms with E-state index in [1.54, 1.807) is 12.1 Å². The van der Waals surface area contributed by atoms with E-state index in [1.165, 1.54) is 12.4 Å². The molecule has 0 aliphatic rings. The van der Waals surface area contributed by atoms with Crippen molar-refractivity contribution in [3.8, 4) is 0 Å². The summed E-state index contributed by atoms with van der Waals surface area (Å²) in [4.78, 5) is 25.1. The summed E-state index contributed by atoms with van der Waals surface area (Å²) in [6.07, 6.45) is -1.85. The van der Waals surface area contributed by atoms with Crippen LogP contribution in [0.25, 0.3) is 0 Å². The van der Waals surface area contributed by atoms with Gasteiger partial charge in [0.2, 0.25) is 0 Å². The van der Waals surface area contributed by atoms with Crippen molar-refractivity contribution in [2.75, 3.05) is 5.32 Å². The predicted molar refractivity (Wildman–Crippen MR) is 78.2 cm³/mol. The molecule has 7 nitrogen and oxygen atoms in total. The molecule has 1 aromatic heterocycles. The van der Waals surface area contributed by atoms with Gasteiger partial charge in [-0.2, -0.15) is 13.2 Å². The van der Waals surface area contributed by atoms with Gasteiger partial charge in [0.05, 0.1) is 4.92 Å². The Hall–Kier alpha value is -3.17. The topological polar surface area (TPSA) is 97.2 Å². The molecule has 0 aliphatic carbocycles. The van der Waals surface area contributed by atoms with Crippen molar-refractivity contribution in [3.63, 3.8) is 0 Å². The number of nitro benzene ring substituents is 1. The molecule has 0 fully saturated rings. The molecule has 2 aromatic rings. The number of pyridine rings is 1. The van der Waals surface area contributed by atoms with E-state index in [-0.39, 0.29) is 12.2 Å². The highest BCUT2D eigenvalue weighted by molar-refractivity contribution is 5.89. The number of hydrogen-bond acceptors (Lipinski definition) is 4. The van der Waals surface area contributed by atoms with E-state index in [1.807, 2.05) is 0 Å². The van der Waals surface area contributed by atoms with E-state index in [2.05, 4.69) is 15.6 Å². The zero-order chi connectivity index (χ0) is 17.7. The average Bonchev–Trinajstić information content (AvgIpc) is 2.53. The van der Waals surface area contributed by atoms with Crippen LogP contribution >= 0.6 is 0 Å². The van der Waals surface area contributed by atoms with Crippen molar-refractivity contribution in [2.45, 2.75) is 12.7 Å². The number of nitrogens with one attached hydrogen (secondary N) is 2. The molecule has 10 heteroatoms. The molecule has 2 amide bonds. The molecular weight excluding hydrogens is 329 g/mol. The maximum absolute atomic E-state index is 12.9. The Balaban J connectivity index is 2.09. The highest BCUT2D eigenvalue weighted by Gasteiger charge is 2.38. The zero-order valence-corrected chi connectivity index (χ0v) is 12.0. The molecule has 0 unspecified atom stereocenters. The van der Waals surface area contributed by atoms with Crippen molar-refractivity contribution in [1.29, 1.82) is 0 Å². The number of carbonyl (C=O) groups excluding carboxylic acids is 1. The molecule has 1 aromatic carbocycles. The van der Waals surface area contributed by atoms with E-state index in [0.29, 0.717) is 12.1 Å². The number of amides is 2. The van der Waals surface area contributed by atoms with Crippen LogP contribution in [0.4, 0.5) is 29.3 Å². The third-order valence-electron chi connectivity index (χ3n) is 2.96. The maximum Gasteiger partial charge on any atom is 0.423 e. The van der Waals surface area contributed by atoms with Gasteiger partial charge in [0.15, 0.2) is 0 Å². The number of nitro groups is 1. The summed E-state index contributed by atoms with van der Waals surface area (Å²) in [5.74, 6) is 0. The van der Waals surface area contributed by atoms with Gasteiger partial charge >= 0.3 is 12.2 Å². The van der Waals surface area contributed by atoms with Crippen LogP contribution in [-0.2, 0) is 12.7 Å². The number of rotatable bonds is 4. The molecular formula is C14H11F3N4O3. The minimum absolute atomic E-state index is 0.146. The van der Waals surface area contributed by atoms with Crippen LogP contribution in [-0.4, -0.2) is 15.9 Å². The van der Waals surface area contributed by atoms with Gasteiger partial charge in [0.1, 0.15) is 5.56 Å². The predicted octanol–water partition coefficient (Wildman–Crippen LogP) is 3.33. The lowest BCUT2D eigenvalue weighted by Crippen LogP contribution is -2.28. The summed E-state index contributed by atoms with van der Waals surface area (Å²) in [5, 5.41) is 15.3. The third kappa shape index (κ3) is 4.41. The molecule has 1 heterocycles. The molecule has 0 saturated carbocycles. The zero-order valence-electron chi connectivity index (χ0n) is 12.0. The summed E-state index contributed by atoms with van der Waals surface area (Å²) in [5.41, 5.74) is -1.97. The number of anilines is 1. The van der Waals surface area contributed by atoms with Gasteiger partial charge in [-0.25, -0.2) is 4.79 Å². The van der Waals surface area contributed by atoms with Gasteiger partial charge in [-0.3, -0.25) is 15.1 Å². The second-order valence-electron chi connectivity index (χ2n) is 4.65. The normalized spacial score (nSPS) is 11.0. The molecule has 0 bridgehead atoms. The highest BCUT2D eigenvalue weighted by atomic mass is 19.4. The molecule has 0 atom stereocenters. The minimum atomic E-state index is -4.91. The van der Waals surface area contributed by atoms with Crippen LogP contribution in [0.5, 0.6) is 0 Å². The first-order valence-electron chi connectivity index (χ1n) is 6.57. The number of carbonyl (C=O) groups is 1. The SMILES string of the molecule is O=C(NCc1ccncc1)Nc1ccc([N+](=O)[O-])c(C(F)(F)F)c1. The number of urea groups is 1. The molecule has 24 heavy (non-hydrogen) atoms. The summed E-state index contributed by atoms with van der Waals surface area (Å²) in [6.45, 7) is 0.146. The number of halogens is 3. The number of benzene rings is 1. The molecule has 2 N–H and O–H groups in total. The van der Waals surface area contributed by atoms with Crippen LogP contribution < -0.4 is 10.6 Å². The van der Waals surface area contributed by atoms with Crippen LogP contribution in [0.1, 0.15) is 11.1 Å². The number of nitrogens with zero attached hydrogens (tertiary/aromatic N) is 2. The second-order valence-corrected chi connectivity index (χ2v) is 4.65. The Kier molecular flexibility index (Phi) is 4.97. The lowest BCUT2D eigenvalue weighted by molar-refractivity contribution is -0.388. The van der Waals surface area contributed by atoms with E-state index in [9.17, 15) is 28.1 Å². The standard InChI is InChI=1S/C14H11F3N4O3/c15-14(16,17)11-7-10(1-2-12(11)21(23)24)20-13(22)19-8-9-3-5-18-6-4-9/h1-7H,8H2,(H2,19,20,22). The Morgan fingerprint density at radius 2 is 1.88 bits per heavy atom. The van der Waals surface area contributed by atoms with Crippen molar-refractivity contribution >= 4 is 17.4 Å². The first kappa shape index (κ1) is 17.2. The van der Waals surface area contributed by atoms with E-state index in [0.717, 1.165) is 11.6 Å². The van der Waals surface area contributed by atoms with Crippen LogP contribution in [0.15, 0.2) is 42.7 Å². The van der Waals surface area contributed by atoms with Gasteiger partial charge in [-0.15, -0.1) is 0 Å². The molecule has 0 aliphatic heterocycles. The van der Waals surface area contributed by atoms with Crippen LogP contribution in [0, 0.1) is 10.1 Å². The fourth-order valence-electron chi connectivity index (χ4n) is 1.86. The fraction of sp³-hybridized carbons (Fsp3) is 0.143. The average molecular weight is 340 g/mol. The first-order valence-corrected chi connectivity index (χ1v) is 6.57. The highest BCUT2D eigenvalue weighted by Crippen LogP contribution is 2.37. The number of alkyl halides is 3. The molecule has 0 radical (unpaired) electrons. The van der Waals surface area contributed by atoms with Gasteiger partial charge in [-0.05, 0) is 29.8 Å². The molecule has 0 spiro atoms. The van der Waals surface area contributed by atoms with Crippen molar-refractivity contribution < 1.29 is 22.9 Å². The fourth-order valence-corrected chi connectivity index (χ4v) is 1.86. The van der Waals surface area contributed by atoms with Gasteiger partial charge in [0, 0.05) is 30.7 Å². The van der Waals surface area contributed by atoms with Crippen molar-refractivity contribution in [3.05, 3.63) is 64.0 Å². The van der Waals surface area contributed by atoms with E-state index >= 15 is 0 Å². The van der Waals surface area contributed by atoms with Crippen molar-refractivity contribution in [2.24, 2.45) is 0 Å². The van der Waals surface area contributed by atoms with Gasteiger partial charge in [0.25, 0.3) is 5.69 Å². The maximum atomic E-state index is 12.9. The Morgan fingerprint density at radius 3 is 2.46 bits per heavy atom. The van der Waals surface area contributed by atoms with Crippen molar-refractivity contribution in [1.82, 2.24) is 10.3 Å². The summed E-state index contributed by atoms with van der Waals surface area (Å²) >= 11 is 0. The molecule has 0 saturated heterocycles. The summed E-state index contributed by atoms with van der Waals surface area (Å²) in [7, 11) is 0. The smallest absolute Gasteiger partial charge is 0.334 e. The largest absolute Gasteiger partial charge is 0.423 e. The van der Waals surface area contributed by atoms with Crippen LogP contribution in [0.3, 0.4) is 0 Å². The molecule has 2 rings (SSSR count). The number of hydrogen-bond donors (Lipinski definition) is 2.